The quantitative estimate of drug-likeness (QED) is 0.107. The molecule has 65 heavy (non-hydrogen) atoms. The van der Waals surface area contributed by atoms with Crippen LogP contribution in [0.1, 0.15) is 77.8 Å². The van der Waals surface area contributed by atoms with E-state index in [0.717, 1.165) is 17.5 Å². The number of hydrogen-bond acceptors (Lipinski definition) is 14. The lowest BCUT2D eigenvalue weighted by Crippen LogP contribution is -2.63. The molecule has 16 atom stereocenters. The Kier molecular flexibility index (Phi) is 18.7. The molecule has 6 N–H and O–H groups in total. The molecule has 6 rings (SSSR count). The minimum absolute atomic E-state index is 0.0462. The Labute approximate surface area is 381 Å². The van der Waals surface area contributed by atoms with Gasteiger partial charge in [0.05, 0.1) is 30.5 Å². The van der Waals surface area contributed by atoms with Gasteiger partial charge in [0.25, 0.3) is 0 Å². The van der Waals surface area contributed by atoms with Crippen LogP contribution < -0.4 is 16.0 Å². The van der Waals surface area contributed by atoms with Gasteiger partial charge >= 0.3 is 12.2 Å². The van der Waals surface area contributed by atoms with Crippen LogP contribution in [-0.2, 0) is 55.9 Å². The third-order valence-electron chi connectivity index (χ3n) is 12.2. The molecule has 2 fully saturated rings. The van der Waals surface area contributed by atoms with Crippen molar-refractivity contribution in [2.24, 2.45) is 11.8 Å². The Bertz CT molecular complexity index is 1860. The number of benzene rings is 2. The Hall–Kier alpha value is -4.43. The van der Waals surface area contributed by atoms with E-state index >= 15 is 0 Å². The summed E-state index contributed by atoms with van der Waals surface area (Å²) >= 11 is 0. The van der Waals surface area contributed by atoms with Crippen LogP contribution in [0.2, 0.25) is 0 Å². The number of rotatable bonds is 19. The van der Waals surface area contributed by atoms with E-state index in [4.69, 9.17) is 37.9 Å². The second kappa shape index (κ2) is 24.4. The molecule has 0 spiro atoms. The van der Waals surface area contributed by atoms with Gasteiger partial charge in [0, 0.05) is 12.5 Å². The smallest absolute Gasteiger partial charge is 0.408 e. The first-order valence-corrected chi connectivity index (χ1v) is 22.9. The summed E-state index contributed by atoms with van der Waals surface area (Å²) in [6.07, 6.45) is -3.40. The van der Waals surface area contributed by atoms with Crippen LogP contribution in [-0.4, -0.2) is 126 Å². The standard InChI is InChI=1S/C48H67N3O14/c1-6-32-20-19-28(4)44(60-32)63-40-29(5)25-35(50-43(55)36(52)23-24-49-47(56)58-26-30-15-11-9-12-16-30)38(53)42(40)65-46-39(54)41(37(8-3)62-46)64-45-34(22-21-33(7-2)61-45)51-48(57)59-27-31-17-13-10-14-18-31/h9-22,28-29,32-42,44-46,52-54H,6-8,23-27H2,1-5H3,(H,49,56)(H,50,55)(H,51,57). The Balaban J connectivity index is 1.12. The zero-order valence-electron chi connectivity index (χ0n) is 37.8. The van der Waals surface area contributed by atoms with Gasteiger partial charge in [-0.1, -0.05) is 120 Å². The highest BCUT2D eigenvalue weighted by Crippen LogP contribution is 2.37. The van der Waals surface area contributed by atoms with Gasteiger partial charge < -0.3 is 69.2 Å². The summed E-state index contributed by atoms with van der Waals surface area (Å²) in [5, 5.41) is 42.9. The highest BCUT2D eigenvalue weighted by Gasteiger charge is 2.53. The van der Waals surface area contributed by atoms with Crippen molar-refractivity contribution in [3.8, 4) is 0 Å². The lowest BCUT2D eigenvalue weighted by atomic mass is 9.79. The highest BCUT2D eigenvalue weighted by molar-refractivity contribution is 5.81. The van der Waals surface area contributed by atoms with Gasteiger partial charge in [0.1, 0.15) is 49.8 Å². The molecule has 3 aliphatic heterocycles. The summed E-state index contributed by atoms with van der Waals surface area (Å²) in [5.74, 6) is -1.23. The maximum absolute atomic E-state index is 13.4. The Morgan fingerprint density at radius 1 is 0.677 bits per heavy atom. The summed E-state index contributed by atoms with van der Waals surface area (Å²) in [4.78, 5) is 38.6. The molecule has 3 amide bonds. The van der Waals surface area contributed by atoms with E-state index < -0.39 is 91.8 Å². The van der Waals surface area contributed by atoms with Gasteiger partial charge in [0.15, 0.2) is 18.9 Å². The molecular formula is C48H67N3O14. The van der Waals surface area contributed by atoms with Gasteiger partial charge in [-0.2, -0.15) is 0 Å². The van der Waals surface area contributed by atoms with Crippen LogP contribution in [0.5, 0.6) is 0 Å². The van der Waals surface area contributed by atoms with Crippen molar-refractivity contribution >= 4 is 18.1 Å². The SMILES string of the molecule is CCC1C=CC(C)C(OC2C(C)CC(NC(=O)C(O)CCNC(=O)OCc3ccccc3)C(O)C2OC2OC(CC)C(OC3OC(CC)C=CC3NC(=O)OCc3ccccc3)C2O)O1. The first kappa shape index (κ1) is 50.0. The van der Waals surface area contributed by atoms with Crippen LogP contribution in [0.25, 0.3) is 0 Å². The van der Waals surface area contributed by atoms with Crippen molar-refractivity contribution in [1.29, 1.82) is 0 Å². The predicted octanol–water partition coefficient (Wildman–Crippen LogP) is 4.51. The summed E-state index contributed by atoms with van der Waals surface area (Å²) in [5.41, 5.74) is 1.63. The van der Waals surface area contributed by atoms with Crippen molar-refractivity contribution in [3.63, 3.8) is 0 Å². The molecule has 0 bridgehead atoms. The van der Waals surface area contributed by atoms with E-state index in [0.29, 0.717) is 12.8 Å². The van der Waals surface area contributed by atoms with Gasteiger partial charge in [-0.05, 0) is 49.1 Å². The summed E-state index contributed by atoms with van der Waals surface area (Å²) in [7, 11) is 0. The first-order valence-electron chi connectivity index (χ1n) is 22.9. The molecule has 17 nitrogen and oxygen atoms in total. The van der Waals surface area contributed by atoms with E-state index in [1.165, 1.54) is 0 Å². The molecule has 2 aromatic rings. The Morgan fingerprint density at radius 2 is 1.26 bits per heavy atom. The zero-order valence-corrected chi connectivity index (χ0v) is 37.8. The molecule has 0 aromatic heterocycles. The van der Waals surface area contributed by atoms with Crippen LogP contribution in [0, 0.1) is 11.8 Å². The number of alkyl carbamates (subject to hydrolysis) is 2. The van der Waals surface area contributed by atoms with Crippen molar-refractivity contribution < 1.29 is 67.6 Å². The summed E-state index contributed by atoms with van der Waals surface area (Å²) in [6.45, 7) is 9.77. The fourth-order valence-electron chi connectivity index (χ4n) is 8.33. The average Bonchev–Trinajstić information content (AvgIpc) is 3.61. The molecule has 3 heterocycles. The fourth-order valence-corrected chi connectivity index (χ4v) is 8.33. The minimum Gasteiger partial charge on any atom is -0.445 e. The summed E-state index contributed by atoms with van der Waals surface area (Å²) < 4.78 is 49.2. The molecule has 4 aliphatic rings. The lowest BCUT2D eigenvalue weighted by Gasteiger charge is -2.46. The predicted molar refractivity (Wildman–Crippen MR) is 235 cm³/mol. The van der Waals surface area contributed by atoms with E-state index in [2.05, 4.69) is 16.0 Å². The van der Waals surface area contributed by atoms with Gasteiger partial charge in [0.2, 0.25) is 5.91 Å². The molecule has 1 aliphatic carbocycles. The molecular weight excluding hydrogens is 843 g/mol. The van der Waals surface area contributed by atoms with Gasteiger partial charge in [-0.15, -0.1) is 0 Å². The zero-order chi connectivity index (χ0) is 46.5. The monoisotopic (exact) mass is 909 g/mol. The average molecular weight is 910 g/mol. The maximum Gasteiger partial charge on any atom is 0.408 e. The largest absolute Gasteiger partial charge is 0.445 e. The third-order valence-corrected chi connectivity index (χ3v) is 12.2. The van der Waals surface area contributed by atoms with Crippen LogP contribution in [0.15, 0.2) is 85.0 Å². The number of ether oxygens (including phenoxy) is 8. The van der Waals surface area contributed by atoms with Crippen molar-refractivity contribution in [1.82, 2.24) is 16.0 Å². The van der Waals surface area contributed by atoms with Crippen molar-refractivity contribution in [3.05, 3.63) is 96.1 Å². The van der Waals surface area contributed by atoms with Gasteiger partial charge in [-0.25, -0.2) is 9.59 Å². The number of nitrogens with one attached hydrogen (secondary N) is 3. The number of carbonyl (C=O) groups is 3. The number of aliphatic hydroxyl groups is 3. The second-order valence-corrected chi connectivity index (χ2v) is 17.1. The normalized spacial score (nSPS) is 33.8. The number of carbonyl (C=O) groups excluding carboxylic acids is 3. The lowest BCUT2D eigenvalue weighted by molar-refractivity contribution is -0.290. The number of amides is 3. The van der Waals surface area contributed by atoms with E-state index in [-0.39, 0.29) is 56.6 Å². The van der Waals surface area contributed by atoms with Crippen molar-refractivity contribution in [2.45, 2.75) is 166 Å². The third kappa shape index (κ3) is 13.8. The molecule has 2 aromatic carbocycles. The molecule has 358 valence electrons. The number of aliphatic hydroxyl groups excluding tert-OH is 3. The van der Waals surface area contributed by atoms with E-state index in [1.807, 2.05) is 114 Å². The number of hydrogen-bond donors (Lipinski definition) is 6. The fraction of sp³-hybridized carbons (Fsp3) is 0.604. The molecule has 1 saturated carbocycles. The second-order valence-electron chi connectivity index (χ2n) is 17.1. The molecule has 0 radical (unpaired) electrons. The minimum atomic E-state index is -1.52. The van der Waals surface area contributed by atoms with E-state index in [9.17, 15) is 29.7 Å². The van der Waals surface area contributed by atoms with Crippen LogP contribution >= 0.6 is 0 Å². The van der Waals surface area contributed by atoms with Crippen molar-refractivity contribution in [2.75, 3.05) is 6.54 Å². The summed E-state index contributed by atoms with van der Waals surface area (Å²) in [6, 6.07) is 16.8. The highest BCUT2D eigenvalue weighted by atomic mass is 16.8. The topological polar surface area (TPSA) is 222 Å². The van der Waals surface area contributed by atoms with Gasteiger partial charge in [-0.3, -0.25) is 4.79 Å². The molecule has 1 saturated heterocycles. The Morgan fingerprint density at radius 3 is 1.89 bits per heavy atom. The van der Waals surface area contributed by atoms with E-state index in [1.54, 1.807) is 6.08 Å². The molecule has 16 unspecified atom stereocenters. The first-order chi connectivity index (χ1) is 31.4. The van der Waals surface area contributed by atoms with Crippen LogP contribution in [0.3, 0.4) is 0 Å². The van der Waals surface area contributed by atoms with Crippen LogP contribution in [0.4, 0.5) is 9.59 Å². The molecule has 17 heteroatoms. The maximum atomic E-state index is 13.4.